The molecule has 0 spiro atoms. The van der Waals surface area contributed by atoms with Gasteiger partial charge in [-0.15, -0.1) is 0 Å². The molecule has 96 valence electrons. The predicted molar refractivity (Wildman–Crippen MR) is 62.5 cm³/mol. The molecule has 0 aliphatic heterocycles. The van der Waals surface area contributed by atoms with Gasteiger partial charge in [0.15, 0.2) is 0 Å². The molecule has 4 nitrogen and oxygen atoms in total. The minimum atomic E-state index is -3.87. The lowest BCUT2D eigenvalue weighted by atomic mass is 9.96. The Bertz CT molecular complexity index is 485. The second-order valence-corrected chi connectivity index (χ2v) is 6.31. The maximum absolute atomic E-state index is 13.3. The summed E-state index contributed by atoms with van der Waals surface area (Å²) in [5.74, 6) is -0.790. The third kappa shape index (κ3) is 3.76. The maximum atomic E-state index is 13.3. The van der Waals surface area contributed by atoms with Gasteiger partial charge in [0.25, 0.3) is 0 Å². The van der Waals surface area contributed by atoms with Crippen LogP contribution < -0.4 is 4.72 Å². The molecule has 1 rings (SSSR count). The Hall–Kier alpha value is -0.980. The lowest BCUT2D eigenvalue weighted by Gasteiger charge is -2.21. The quantitative estimate of drug-likeness (QED) is 0.834. The topological polar surface area (TPSA) is 66.4 Å². The number of sulfonamides is 1. The van der Waals surface area contributed by atoms with Gasteiger partial charge in [-0.05, 0) is 12.1 Å². The third-order valence-corrected chi connectivity index (χ3v) is 3.73. The molecule has 1 aromatic carbocycles. The van der Waals surface area contributed by atoms with E-state index in [1.807, 2.05) is 0 Å². The van der Waals surface area contributed by atoms with Crippen LogP contribution in [0.4, 0.5) is 4.39 Å². The summed E-state index contributed by atoms with van der Waals surface area (Å²) in [7, 11) is -3.87. The average Bonchev–Trinajstić information content (AvgIpc) is 2.27. The van der Waals surface area contributed by atoms with E-state index in [2.05, 4.69) is 4.72 Å². The Morgan fingerprint density at radius 1 is 1.35 bits per heavy atom. The van der Waals surface area contributed by atoms with Gasteiger partial charge in [0.2, 0.25) is 10.0 Å². The predicted octanol–water partition coefficient (Wildman–Crippen LogP) is 1.12. The summed E-state index contributed by atoms with van der Waals surface area (Å²) in [5, 5.41) is 9.01. The van der Waals surface area contributed by atoms with E-state index < -0.39 is 21.3 Å². The van der Waals surface area contributed by atoms with E-state index >= 15 is 0 Å². The first-order chi connectivity index (χ1) is 7.78. The van der Waals surface area contributed by atoms with Crippen LogP contribution in [0.2, 0.25) is 0 Å². The van der Waals surface area contributed by atoms with Gasteiger partial charge in [0.05, 0.1) is 0 Å². The van der Waals surface area contributed by atoms with E-state index in [4.69, 9.17) is 5.11 Å². The number of hydrogen-bond donors (Lipinski definition) is 2. The second kappa shape index (κ2) is 5.12. The maximum Gasteiger partial charge on any atom is 0.243 e. The highest BCUT2D eigenvalue weighted by molar-refractivity contribution is 7.89. The molecule has 0 aromatic heterocycles. The number of rotatable bonds is 5. The van der Waals surface area contributed by atoms with Gasteiger partial charge >= 0.3 is 0 Å². The molecular weight excluding hydrogens is 245 g/mol. The molecule has 0 amide bonds. The van der Waals surface area contributed by atoms with Crippen LogP contribution in [0.1, 0.15) is 13.8 Å². The van der Waals surface area contributed by atoms with Crippen molar-refractivity contribution in [2.75, 3.05) is 13.2 Å². The summed E-state index contributed by atoms with van der Waals surface area (Å²) >= 11 is 0. The van der Waals surface area contributed by atoms with E-state index in [1.54, 1.807) is 13.8 Å². The monoisotopic (exact) mass is 261 g/mol. The minimum Gasteiger partial charge on any atom is -0.396 e. The molecule has 1 aromatic rings. The number of nitrogens with one attached hydrogen (secondary N) is 1. The number of benzene rings is 1. The molecule has 0 fully saturated rings. The smallest absolute Gasteiger partial charge is 0.243 e. The van der Waals surface area contributed by atoms with E-state index in [0.717, 1.165) is 6.07 Å². The molecular formula is C11H16FNO3S. The summed E-state index contributed by atoms with van der Waals surface area (Å²) in [6.45, 7) is 3.29. The molecule has 0 aliphatic rings. The first kappa shape index (κ1) is 14.1. The largest absolute Gasteiger partial charge is 0.396 e. The molecule has 17 heavy (non-hydrogen) atoms. The third-order valence-electron chi connectivity index (χ3n) is 2.29. The highest BCUT2D eigenvalue weighted by Gasteiger charge is 2.23. The van der Waals surface area contributed by atoms with Crippen molar-refractivity contribution < 1.29 is 17.9 Å². The molecule has 0 unspecified atom stereocenters. The summed E-state index contributed by atoms with van der Waals surface area (Å²) < 4.78 is 39.2. The molecule has 0 saturated heterocycles. The molecule has 0 bridgehead atoms. The SMILES string of the molecule is CC(C)(CO)CNS(=O)(=O)c1ccccc1F. The van der Waals surface area contributed by atoms with Crippen LogP contribution in [0.5, 0.6) is 0 Å². The Morgan fingerprint density at radius 3 is 2.47 bits per heavy atom. The van der Waals surface area contributed by atoms with Crippen molar-refractivity contribution in [3.8, 4) is 0 Å². The zero-order valence-electron chi connectivity index (χ0n) is 9.77. The van der Waals surface area contributed by atoms with Crippen molar-refractivity contribution in [2.45, 2.75) is 18.7 Å². The number of aliphatic hydroxyl groups excluding tert-OH is 1. The average molecular weight is 261 g/mol. The van der Waals surface area contributed by atoms with Crippen LogP contribution in [0, 0.1) is 11.2 Å². The second-order valence-electron chi connectivity index (χ2n) is 4.58. The Kier molecular flexibility index (Phi) is 4.24. The normalized spacial score (nSPS) is 12.7. The van der Waals surface area contributed by atoms with Crippen molar-refractivity contribution in [2.24, 2.45) is 5.41 Å². The van der Waals surface area contributed by atoms with Gasteiger partial charge in [-0.25, -0.2) is 17.5 Å². The van der Waals surface area contributed by atoms with E-state index in [0.29, 0.717) is 0 Å². The molecule has 6 heteroatoms. The first-order valence-corrected chi connectivity index (χ1v) is 6.62. The van der Waals surface area contributed by atoms with Crippen LogP contribution in [-0.2, 0) is 10.0 Å². The number of hydrogen-bond acceptors (Lipinski definition) is 3. The van der Waals surface area contributed by atoms with Gasteiger partial charge < -0.3 is 5.11 Å². The Balaban J connectivity index is 2.88. The van der Waals surface area contributed by atoms with Crippen LogP contribution in [0.25, 0.3) is 0 Å². The Morgan fingerprint density at radius 2 is 1.94 bits per heavy atom. The van der Waals surface area contributed by atoms with Crippen LogP contribution in [0.3, 0.4) is 0 Å². The van der Waals surface area contributed by atoms with Gasteiger partial charge in [-0.2, -0.15) is 0 Å². The molecule has 2 N–H and O–H groups in total. The number of halogens is 1. The zero-order valence-corrected chi connectivity index (χ0v) is 10.6. The summed E-state index contributed by atoms with van der Waals surface area (Å²) in [6, 6.07) is 5.16. The minimum absolute atomic E-state index is 0.0418. The van der Waals surface area contributed by atoms with Crippen LogP contribution >= 0.6 is 0 Å². The molecule has 0 saturated carbocycles. The fourth-order valence-electron chi connectivity index (χ4n) is 1.09. The highest BCUT2D eigenvalue weighted by atomic mass is 32.2. The summed E-state index contributed by atoms with van der Waals surface area (Å²) in [5.41, 5.74) is -0.585. The highest BCUT2D eigenvalue weighted by Crippen LogP contribution is 2.16. The van der Waals surface area contributed by atoms with Crippen molar-refractivity contribution in [3.05, 3.63) is 30.1 Å². The van der Waals surface area contributed by atoms with E-state index in [-0.39, 0.29) is 18.0 Å². The lowest BCUT2D eigenvalue weighted by molar-refractivity contribution is 0.163. The van der Waals surface area contributed by atoms with Crippen LogP contribution in [-0.4, -0.2) is 26.7 Å². The van der Waals surface area contributed by atoms with Gasteiger partial charge in [-0.3, -0.25) is 0 Å². The summed E-state index contributed by atoms with van der Waals surface area (Å²) in [6.07, 6.45) is 0. The van der Waals surface area contributed by atoms with Crippen molar-refractivity contribution >= 4 is 10.0 Å². The van der Waals surface area contributed by atoms with E-state index in [1.165, 1.54) is 18.2 Å². The molecule has 0 radical (unpaired) electrons. The van der Waals surface area contributed by atoms with Crippen LogP contribution in [0.15, 0.2) is 29.2 Å². The van der Waals surface area contributed by atoms with E-state index in [9.17, 15) is 12.8 Å². The van der Waals surface area contributed by atoms with Gasteiger partial charge in [0, 0.05) is 18.6 Å². The zero-order chi connectivity index (χ0) is 13.1. The van der Waals surface area contributed by atoms with Gasteiger partial charge in [-0.1, -0.05) is 26.0 Å². The van der Waals surface area contributed by atoms with Gasteiger partial charge in [0.1, 0.15) is 10.7 Å². The first-order valence-electron chi connectivity index (χ1n) is 5.13. The Labute approximate surface area is 101 Å². The molecule has 0 atom stereocenters. The molecule has 0 aliphatic carbocycles. The number of aliphatic hydroxyl groups is 1. The summed E-state index contributed by atoms with van der Waals surface area (Å²) in [4.78, 5) is -0.381. The fourth-order valence-corrected chi connectivity index (χ4v) is 2.41. The van der Waals surface area contributed by atoms with Crippen molar-refractivity contribution in [1.29, 1.82) is 0 Å². The van der Waals surface area contributed by atoms with Crippen molar-refractivity contribution in [3.63, 3.8) is 0 Å². The fraction of sp³-hybridized carbons (Fsp3) is 0.455. The standard InChI is InChI=1S/C11H16FNO3S/c1-11(2,8-14)7-13-17(15,16)10-6-4-3-5-9(10)12/h3-6,13-14H,7-8H2,1-2H3. The van der Waals surface area contributed by atoms with Crippen molar-refractivity contribution in [1.82, 2.24) is 4.72 Å². The molecule has 0 heterocycles. The lowest BCUT2D eigenvalue weighted by Crippen LogP contribution is -2.36.